The fourth-order valence-corrected chi connectivity index (χ4v) is 3.46. The number of benzene rings is 2. The van der Waals surface area contributed by atoms with Crippen LogP contribution < -0.4 is 11.2 Å². The second-order valence-corrected chi connectivity index (χ2v) is 7.31. The molecule has 0 aromatic heterocycles. The molecular formula is C17H12N4O5S. The molecule has 0 aliphatic carbocycles. The van der Waals surface area contributed by atoms with Gasteiger partial charge in [-0.15, -0.1) is 0 Å². The lowest BCUT2D eigenvalue weighted by Crippen LogP contribution is -2.28. The first-order valence-electron chi connectivity index (χ1n) is 7.73. The second-order valence-electron chi connectivity index (χ2n) is 5.59. The van der Waals surface area contributed by atoms with E-state index in [0.29, 0.717) is 16.7 Å². The molecule has 0 saturated heterocycles. The van der Waals surface area contributed by atoms with E-state index >= 15 is 0 Å². The Balaban J connectivity index is 2.08. The van der Waals surface area contributed by atoms with Crippen LogP contribution in [0, 0.1) is 0 Å². The highest BCUT2D eigenvalue weighted by molar-refractivity contribution is 7.86. The van der Waals surface area contributed by atoms with Gasteiger partial charge in [0.05, 0.1) is 23.0 Å². The zero-order valence-corrected chi connectivity index (χ0v) is 14.7. The third-order valence-corrected chi connectivity index (χ3v) is 5.31. The van der Waals surface area contributed by atoms with Crippen LogP contribution in [0.3, 0.4) is 0 Å². The molecule has 136 valence electrons. The van der Waals surface area contributed by atoms with Crippen LogP contribution >= 0.6 is 0 Å². The Hall–Kier alpha value is -3.37. The smallest absolute Gasteiger partial charge is 0.291 e. The van der Waals surface area contributed by atoms with Crippen molar-refractivity contribution >= 4 is 21.2 Å². The van der Waals surface area contributed by atoms with Crippen LogP contribution in [-0.2, 0) is 14.3 Å². The van der Waals surface area contributed by atoms with Crippen molar-refractivity contribution in [3.63, 3.8) is 0 Å². The summed E-state index contributed by atoms with van der Waals surface area (Å²) in [5, 5.41) is 0. The third-order valence-electron chi connectivity index (χ3n) is 4.02. The van der Waals surface area contributed by atoms with E-state index in [1.807, 2.05) is 0 Å². The largest absolute Gasteiger partial charge is 0.349 e. The quantitative estimate of drug-likeness (QED) is 0.411. The van der Waals surface area contributed by atoms with E-state index in [2.05, 4.69) is 19.1 Å². The van der Waals surface area contributed by atoms with E-state index in [1.54, 1.807) is 28.8 Å². The molecule has 0 saturated carbocycles. The third kappa shape index (κ3) is 2.80. The van der Waals surface area contributed by atoms with Crippen LogP contribution in [0.15, 0.2) is 63.0 Å². The number of rotatable bonds is 3. The number of hydrogen-bond acceptors (Lipinski definition) is 7. The molecule has 0 spiro atoms. The van der Waals surface area contributed by atoms with Gasteiger partial charge >= 0.3 is 5.69 Å². The first-order valence-corrected chi connectivity index (χ1v) is 9.14. The number of aromatic nitrogens is 4. The summed E-state index contributed by atoms with van der Waals surface area (Å²) in [5.41, 5.74) is 0.183. The van der Waals surface area contributed by atoms with Crippen molar-refractivity contribution < 1.29 is 12.6 Å². The van der Waals surface area contributed by atoms with Crippen LogP contribution in [-0.4, -0.2) is 35.0 Å². The van der Waals surface area contributed by atoms with Gasteiger partial charge in [-0.1, -0.05) is 12.1 Å². The van der Waals surface area contributed by atoms with Crippen LogP contribution in [0.25, 0.3) is 28.2 Å². The predicted molar refractivity (Wildman–Crippen MR) is 96.6 cm³/mol. The Labute approximate surface area is 152 Å². The molecule has 2 aliphatic rings. The van der Waals surface area contributed by atoms with E-state index in [9.17, 15) is 18.0 Å². The Kier molecular flexibility index (Phi) is 3.86. The van der Waals surface area contributed by atoms with Gasteiger partial charge in [-0.3, -0.25) is 18.5 Å². The maximum absolute atomic E-state index is 12.2. The molecule has 0 bridgehead atoms. The van der Waals surface area contributed by atoms with Gasteiger partial charge in [0.25, 0.3) is 15.7 Å². The van der Waals surface area contributed by atoms with E-state index in [-0.39, 0.29) is 16.4 Å². The van der Waals surface area contributed by atoms with E-state index < -0.39 is 21.4 Å². The lowest BCUT2D eigenvalue weighted by molar-refractivity contribution is 0.398. The first kappa shape index (κ1) is 17.1. The lowest BCUT2D eigenvalue weighted by atomic mass is 10.2. The number of H-pyrrole nitrogens is 1. The second kappa shape index (κ2) is 6.11. The summed E-state index contributed by atoms with van der Waals surface area (Å²) in [6.07, 6.45) is 0. The topological polar surface area (TPSA) is 124 Å². The minimum atomic E-state index is -3.84. The SMILES string of the molecule is COS(=O)(=O)c1ccc(-n2c3nc(=O)[nH]c(=O)c-3nc3ccccc32)cc1. The summed E-state index contributed by atoms with van der Waals surface area (Å²) in [4.78, 5) is 34.2. The van der Waals surface area contributed by atoms with Gasteiger partial charge in [0.1, 0.15) is 0 Å². The van der Waals surface area contributed by atoms with Crippen LogP contribution in [0.1, 0.15) is 0 Å². The van der Waals surface area contributed by atoms with Crippen molar-refractivity contribution in [1.82, 2.24) is 19.5 Å². The van der Waals surface area contributed by atoms with Gasteiger partial charge in [-0.05, 0) is 36.4 Å². The molecule has 2 aromatic carbocycles. The summed E-state index contributed by atoms with van der Waals surface area (Å²) in [6.45, 7) is 0. The number of nitrogens with one attached hydrogen (secondary N) is 1. The number of fused-ring (bicyclic) bond motifs is 2. The molecule has 2 aromatic rings. The van der Waals surface area contributed by atoms with Crippen LogP contribution in [0.2, 0.25) is 0 Å². The van der Waals surface area contributed by atoms with E-state index in [4.69, 9.17) is 0 Å². The number of aromatic amines is 1. The van der Waals surface area contributed by atoms with Crippen molar-refractivity contribution in [3.05, 3.63) is 69.4 Å². The van der Waals surface area contributed by atoms with Gasteiger partial charge < -0.3 is 0 Å². The Morgan fingerprint density at radius 3 is 2.41 bits per heavy atom. The highest BCUT2D eigenvalue weighted by atomic mass is 32.2. The molecule has 0 atom stereocenters. The summed E-state index contributed by atoms with van der Waals surface area (Å²) >= 11 is 0. The summed E-state index contributed by atoms with van der Waals surface area (Å²) in [5.74, 6) is 0.0739. The summed E-state index contributed by atoms with van der Waals surface area (Å²) in [7, 11) is -2.76. The molecule has 0 fully saturated rings. The minimum absolute atomic E-state index is 0.00175. The number of nitrogens with zero attached hydrogens (tertiary/aromatic N) is 3. The van der Waals surface area contributed by atoms with E-state index in [0.717, 1.165) is 7.11 Å². The molecule has 0 unspecified atom stereocenters. The van der Waals surface area contributed by atoms with Crippen molar-refractivity contribution in [2.45, 2.75) is 4.90 Å². The molecular weight excluding hydrogens is 372 g/mol. The van der Waals surface area contributed by atoms with Gasteiger partial charge in [0.15, 0.2) is 11.5 Å². The first-order chi connectivity index (χ1) is 12.9. The maximum Gasteiger partial charge on any atom is 0.349 e. The van der Waals surface area contributed by atoms with Gasteiger partial charge in [0, 0.05) is 5.69 Å². The molecule has 2 heterocycles. The average Bonchev–Trinajstić information content (AvgIpc) is 2.66. The number of hydrogen-bond donors (Lipinski definition) is 1. The summed E-state index contributed by atoms with van der Waals surface area (Å²) in [6, 6.07) is 12.8. The molecule has 0 amide bonds. The van der Waals surface area contributed by atoms with Crippen molar-refractivity contribution in [3.8, 4) is 17.2 Å². The Bertz CT molecular complexity index is 1360. The molecule has 4 rings (SSSR count). The molecule has 0 radical (unpaired) electrons. The van der Waals surface area contributed by atoms with Crippen molar-refractivity contribution in [2.24, 2.45) is 0 Å². The fourth-order valence-electron chi connectivity index (χ4n) is 2.79. The molecule has 1 N–H and O–H groups in total. The number of para-hydroxylation sites is 2. The standard InChI is InChI=1S/C17H12N4O5S/c1-26-27(24,25)11-8-6-10(7-9-11)21-13-5-3-2-4-12(13)18-14-15(21)19-17(23)20-16(14)22/h2-9H,1H3,(H,20,22,23). The predicted octanol–water partition coefficient (Wildman–Crippen LogP) is 0.909. The zero-order chi connectivity index (χ0) is 19.2. The normalized spacial score (nSPS) is 11.9. The highest BCUT2D eigenvalue weighted by Crippen LogP contribution is 2.25. The average molecular weight is 384 g/mol. The Morgan fingerprint density at radius 1 is 1.00 bits per heavy atom. The van der Waals surface area contributed by atoms with Crippen molar-refractivity contribution in [2.75, 3.05) is 7.11 Å². The maximum atomic E-state index is 12.2. The van der Waals surface area contributed by atoms with Crippen LogP contribution in [0.5, 0.6) is 0 Å². The van der Waals surface area contributed by atoms with Gasteiger partial charge in [0.2, 0.25) is 0 Å². The molecule has 10 heteroatoms. The molecule has 2 aliphatic heterocycles. The Morgan fingerprint density at radius 2 is 1.70 bits per heavy atom. The van der Waals surface area contributed by atoms with Gasteiger partial charge in [-0.2, -0.15) is 13.4 Å². The molecule has 9 nitrogen and oxygen atoms in total. The molecule has 27 heavy (non-hydrogen) atoms. The van der Waals surface area contributed by atoms with Crippen molar-refractivity contribution in [1.29, 1.82) is 0 Å². The fraction of sp³-hybridized carbons (Fsp3) is 0.0588. The zero-order valence-electron chi connectivity index (χ0n) is 13.9. The summed E-state index contributed by atoms with van der Waals surface area (Å²) < 4.78 is 29.7. The van der Waals surface area contributed by atoms with Gasteiger partial charge in [-0.25, -0.2) is 9.78 Å². The lowest BCUT2D eigenvalue weighted by Gasteiger charge is -2.16. The highest BCUT2D eigenvalue weighted by Gasteiger charge is 2.20. The van der Waals surface area contributed by atoms with Crippen LogP contribution in [0.4, 0.5) is 0 Å². The monoisotopic (exact) mass is 384 g/mol. The van der Waals surface area contributed by atoms with E-state index in [1.165, 1.54) is 24.3 Å². The minimum Gasteiger partial charge on any atom is -0.291 e.